The molecule has 0 aliphatic carbocycles. The third kappa shape index (κ3) is 9.15. The molecule has 0 heterocycles. The van der Waals surface area contributed by atoms with E-state index in [-0.39, 0.29) is 19.3 Å². The van der Waals surface area contributed by atoms with E-state index in [1.54, 1.807) is 30.3 Å². The molecule has 7 N–H and O–H groups in total. The van der Waals surface area contributed by atoms with Crippen LogP contribution in [0.1, 0.15) is 25.3 Å². The van der Waals surface area contributed by atoms with Crippen molar-refractivity contribution in [2.75, 3.05) is 6.54 Å². The quantitative estimate of drug-likeness (QED) is 0.237. The van der Waals surface area contributed by atoms with Crippen LogP contribution in [0.4, 0.5) is 0 Å². The first-order valence-corrected chi connectivity index (χ1v) is 9.21. The van der Waals surface area contributed by atoms with E-state index in [4.69, 9.17) is 10.8 Å². The summed E-state index contributed by atoms with van der Waals surface area (Å²) in [6.07, 6.45) is -0.532. The maximum absolute atomic E-state index is 12.3. The number of amides is 3. The zero-order chi connectivity index (χ0) is 22.7. The van der Waals surface area contributed by atoms with E-state index in [1.165, 1.54) is 6.92 Å². The molecule has 0 aliphatic rings. The summed E-state index contributed by atoms with van der Waals surface area (Å²) in [7, 11) is 0. The highest BCUT2D eigenvalue weighted by Crippen LogP contribution is 2.04. The fourth-order valence-electron chi connectivity index (χ4n) is 2.43. The molecule has 164 valence electrons. The van der Waals surface area contributed by atoms with E-state index in [9.17, 15) is 29.1 Å². The minimum atomic E-state index is -1.23. The first-order chi connectivity index (χ1) is 14.1. The van der Waals surface area contributed by atoms with Crippen LogP contribution in [0, 0.1) is 0 Å². The Labute approximate surface area is 173 Å². The normalized spacial score (nSPS) is 13.4. The van der Waals surface area contributed by atoms with E-state index in [0.29, 0.717) is 5.56 Å². The summed E-state index contributed by atoms with van der Waals surface area (Å²) in [5.41, 5.74) is 6.14. The van der Waals surface area contributed by atoms with Crippen LogP contribution in [-0.4, -0.2) is 64.5 Å². The van der Waals surface area contributed by atoms with Gasteiger partial charge in [0, 0.05) is 12.8 Å². The molecule has 0 spiro atoms. The largest absolute Gasteiger partial charge is 0.481 e. The molecule has 0 bridgehead atoms. The predicted molar refractivity (Wildman–Crippen MR) is 105 cm³/mol. The van der Waals surface area contributed by atoms with E-state index in [0.717, 1.165) is 0 Å². The van der Waals surface area contributed by atoms with Gasteiger partial charge in [0.2, 0.25) is 17.7 Å². The van der Waals surface area contributed by atoms with E-state index in [1.807, 2.05) is 0 Å². The molecule has 1 aromatic rings. The summed E-state index contributed by atoms with van der Waals surface area (Å²) in [6.45, 7) is 0.850. The SMILES string of the molecule is CC(N)C(=O)NC(CCC(=O)O)C(=O)NCC(=O)NC(Cc1ccccc1)C(=O)O. The number of carbonyl (C=O) groups excluding carboxylic acids is 3. The van der Waals surface area contributed by atoms with Crippen molar-refractivity contribution >= 4 is 29.7 Å². The lowest BCUT2D eigenvalue weighted by Gasteiger charge is -2.19. The van der Waals surface area contributed by atoms with Gasteiger partial charge in [-0.3, -0.25) is 19.2 Å². The minimum absolute atomic E-state index is 0.0571. The van der Waals surface area contributed by atoms with Gasteiger partial charge in [-0.15, -0.1) is 0 Å². The smallest absolute Gasteiger partial charge is 0.326 e. The third-order valence-corrected chi connectivity index (χ3v) is 4.03. The molecule has 0 aromatic heterocycles. The van der Waals surface area contributed by atoms with Crippen molar-refractivity contribution in [1.82, 2.24) is 16.0 Å². The highest BCUT2D eigenvalue weighted by Gasteiger charge is 2.25. The number of rotatable bonds is 12. The van der Waals surface area contributed by atoms with Gasteiger partial charge in [-0.1, -0.05) is 30.3 Å². The average molecular weight is 422 g/mol. The number of nitrogens with one attached hydrogen (secondary N) is 3. The average Bonchev–Trinajstić information content (AvgIpc) is 2.69. The number of nitrogens with two attached hydrogens (primary N) is 1. The molecule has 3 atom stereocenters. The summed E-state index contributed by atoms with van der Waals surface area (Å²) in [4.78, 5) is 58.2. The van der Waals surface area contributed by atoms with Crippen molar-refractivity contribution in [3.63, 3.8) is 0 Å². The Kier molecular flexibility index (Phi) is 9.97. The van der Waals surface area contributed by atoms with Gasteiger partial charge in [-0.25, -0.2) is 4.79 Å². The number of hydrogen-bond donors (Lipinski definition) is 6. The van der Waals surface area contributed by atoms with Gasteiger partial charge < -0.3 is 31.9 Å². The monoisotopic (exact) mass is 422 g/mol. The van der Waals surface area contributed by atoms with Gasteiger partial charge in [-0.2, -0.15) is 0 Å². The van der Waals surface area contributed by atoms with E-state index < -0.39 is 54.3 Å². The topological polar surface area (TPSA) is 188 Å². The summed E-state index contributed by atoms with van der Waals surface area (Å²) in [6, 6.07) is 5.38. The van der Waals surface area contributed by atoms with Crippen molar-refractivity contribution in [2.24, 2.45) is 5.73 Å². The minimum Gasteiger partial charge on any atom is -0.481 e. The van der Waals surface area contributed by atoms with Crippen LogP contribution in [0.2, 0.25) is 0 Å². The number of benzene rings is 1. The summed E-state index contributed by atoms with van der Waals surface area (Å²) in [5, 5.41) is 25.0. The Hall–Kier alpha value is -3.47. The molecular weight excluding hydrogens is 396 g/mol. The van der Waals surface area contributed by atoms with Gasteiger partial charge in [0.25, 0.3) is 0 Å². The van der Waals surface area contributed by atoms with Gasteiger partial charge in [-0.05, 0) is 18.9 Å². The summed E-state index contributed by atoms with van der Waals surface area (Å²) >= 11 is 0. The number of carboxylic acids is 2. The van der Waals surface area contributed by atoms with Crippen LogP contribution in [0.5, 0.6) is 0 Å². The molecule has 0 saturated carbocycles. The van der Waals surface area contributed by atoms with Crippen LogP contribution < -0.4 is 21.7 Å². The Morgan fingerprint density at radius 1 is 0.967 bits per heavy atom. The van der Waals surface area contributed by atoms with Crippen molar-refractivity contribution in [3.8, 4) is 0 Å². The molecule has 0 radical (unpaired) electrons. The van der Waals surface area contributed by atoms with Gasteiger partial charge in [0.15, 0.2) is 0 Å². The Morgan fingerprint density at radius 3 is 2.13 bits per heavy atom. The van der Waals surface area contributed by atoms with E-state index >= 15 is 0 Å². The lowest BCUT2D eigenvalue weighted by Crippen LogP contribution is -2.53. The van der Waals surface area contributed by atoms with Crippen LogP contribution >= 0.6 is 0 Å². The second kappa shape index (κ2) is 12.2. The molecule has 11 heteroatoms. The van der Waals surface area contributed by atoms with Crippen molar-refractivity contribution in [1.29, 1.82) is 0 Å². The maximum atomic E-state index is 12.3. The second-order valence-electron chi connectivity index (χ2n) is 6.65. The molecule has 0 saturated heterocycles. The standard InChI is InChI=1S/C19H26N4O7/c1-11(20)17(27)23-13(7-8-16(25)26)18(28)21-10-15(24)22-14(19(29)30)9-12-5-3-2-4-6-12/h2-6,11,13-14H,7-10,20H2,1H3,(H,21,28)(H,22,24)(H,23,27)(H,25,26)(H,29,30). The lowest BCUT2D eigenvalue weighted by atomic mass is 10.1. The molecule has 0 aliphatic heterocycles. The number of aliphatic carboxylic acids is 2. The van der Waals surface area contributed by atoms with Gasteiger partial charge in [0.1, 0.15) is 12.1 Å². The zero-order valence-electron chi connectivity index (χ0n) is 16.5. The van der Waals surface area contributed by atoms with Gasteiger partial charge in [0.05, 0.1) is 12.6 Å². The molecule has 3 unspecified atom stereocenters. The summed E-state index contributed by atoms with van der Waals surface area (Å²) in [5.74, 6) is -4.58. The fourth-order valence-corrected chi connectivity index (χ4v) is 2.43. The van der Waals surface area contributed by atoms with Crippen LogP contribution in [-0.2, 0) is 30.4 Å². The van der Waals surface area contributed by atoms with Crippen LogP contribution in [0.25, 0.3) is 0 Å². The zero-order valence-corrected chi connectivity index (χ0v) is 16.5. The molecule has 1 rings (SSSR count). The highest BCUT2D eigenvalue weighted by molar-refractivity contribution is 5.92. The van der Waals surface area contributed by atoms with Crippen molar-refractivity contribution < 1.29 is 34.2 Å². The van der Waals surface area contributed by atoms with Crippen molar-refractivity contribution in [3.05, 3.63) is 35.9 Å². The number of carboxylic acid groups (broad SMARTS) is 2. The third-order valence-electron chi connectivity index (χ3n) is 4.03. The fraction of sp³-hybridized carbons (Fsp3) is 0.421. The first kappa shape index (κ1) is 24.6. The molecule has 0 fully saturated rings. The van der Waals surface area contributed by atoms with Crippen LogP contribution in [0.3, 0.4) is 0 Å². The molecule has 1 aromatic carbocycles. The Balaban J connectivity index is 2.64. The Morgan fingerprint density at radius 2 is 1.60 bits per heavy atom. The maximum Gasteiger partial charge on any atom is 0.326 e. The number of hydrogen-bond acceptors (Lipinski definition) is 6. The molecule has 30 heavy (non-hydrogen) atoms. The van der Waals surface area contributed by atoms with Gasteiger partial charge >= 0.3 is 11.9 Å². The second-order valence-corrected chi connectivity index (χ2v) is 6.65. The first-order valence-electron chi connectivity index (χ1n) is 9.21. The highest BCUT2D eigenvalue weighted by atomic mass is 16.4. The van der Waals surface area contributed by atoms with Crippen LogP contribution in [0.15, 0.2) is 30.3 Å². The number of carbonyl (C=O) groups is 5. The predicted octanol–water partition coefficient (Wildman–Crippen LogP) is -1.39. The molecule has 3 amide bonds. The lowest BCUT2D eigenvalue weighted by molar-refractivity contribution is -0.141. The van der Waals surface area contributed by atoms with E-state index in [2.05, 4.69) is 16.0 Å². The Bertz CT molecular complexity index is 767. The molecule has 11 nitrogen and oxygen atoms in total. The van der Waals surface area contributed by atoms with Crippen molar-refractivity contribution in [2.45, 2.75) is 44.3 Å². The molecular formula is C19H26N4O7. The summed E-state index contributed by atoms with van der Waals surface area (Å²) < 4.78 is 0.